The normalized spacial score (nSPS) is 30.4. The van der Waals surface area contributed by atoms with E-state index in [0.29, 0.717) is 11.5 Å². The van der Waals surface area contributed by atoms with Crippen molar-refractivity contribution in [3.63, 3.8) is 0 Å². The number of nitrogens with zero attached hydrogens (tertiary/aromatic N) is 1. The Kier molecular flexibility index (Phi) is 4.84. The summed E-state index contributed by atoms with van der Waals surface area (Å²) in [5.74, 6) is 0. The van der Waals surface area contributed by atoms with Crippen molar-refractivity contribution < 1.29 is 4.74 Å². The minimum Gasteiger partial charge on any atom is -0.380 e. The lowest BCUT2D eigenvalue weighted by atomic mass is 9.82. The van der Waals surface area contributed by atoms with E-state index >= 15 is 0 Å². The largest absolute Gasteiger partial charge is 0.380 e. The second-order valence-electron chi connectivity index (χ2n) is 4.87. The average molecular weight is 235 g/mol. The standard InChI is InChI=1S/C11H22N2O.ClH/c1-3-11(8-14-9-11)7-13-5-4-12-6-10(13)2;/h10,12H,3-9H2,1-2H3;1H/t10-;/m0./s1. The van der Waals surface area contributed by atoms with E-state index < -0.39 is 0 Å². The molecule has 2 aliphatic rings. The Morgan fingerprint density at radius 1 is 1.47 bits per heavy atom. The van der Waals surface area contributed by atoms with Crippen LogP contribution in [0.4, 0.5) is 0 Å². The molecule has 15 heavy (non-hydrogen) atoms. The summed E-state index contributed by atoms with van der Waals surface area (Å²) in [6.07, 6.45) is 1.25. The van der Waals surface area contributed by atoms with Crippen molar-refractivity contribution in [3.05, 3.63) is 0 Å². The van der Waals surface area contributed by atoms with Crippen LogP contribution in [0.25, 0.3) is 0 Å². The van der Waals surface area contributed by atoms with Crippen molar-refractivity contribution >= 4 is 12.4 Å². The Morgan fingerprint density at radius 2 is 2.20 bits per heavy atom. The molecule has 0 spiro atoms. The second kappa shape index (κ2) is 5.48. The third-order valence-electron chi connectivity index (χ3n) is 3.74. The number of rotatable bonds is 3. The minimum atomic E-state index is 0. The molecule has 1 N–H and O–H groups in total. The molecular weight excluding hydrogens is 212 g/mol. The molecule has 1 atom stereocenters. The number of piperazine rings is 1. The van der Waals surface area contributed by atoms with Gasteiger partial charge in [0, 0.05) is 37.6 Å². The van der Waals surface area contributed by atoms with E-state index in [1.165, 1.54) is 19.5 Å². The van der Waals surface area contributed by atoms with Crippen molar-refractivity contribution in [2.45, 2.75) is 26.3 Å². The molecule has 2 rings (SSSR count). The first-order valence-electron chi connectivity index (χ1n) is 5.78. The zero-order chi connectivity index (χ0) is 10.0. The van der Waals surface area contributed by atoms with Crippen LogP contribution in [-0.4, -0.2) is 50.3 Å². The van der Waals surface area contributed by atoms with E-state index in [1.54, 1.807) is 0 Å². The van der Waals surface area contributed by atoms with E-state index in [4.69, 9.17) is 4.74 Å². The number of halogens is 1. The summed E-state index contributed by atoms with van der Waals surface area (Å²) in [4.78, 5) is 2.61. The molecule has 0 amide bonds. The highest BCUT2D eigenvalue weighted by Crippen LogP contribution is 2.32. The van der Waals surface area contributed by atoms with Crippen molar-refractivity contribution in [3.8, 4) is 0 Å². The van der Waals surface area contributed by atoms with Crippen LogP contribution in [0.3, 0.4) is 0 Å². The SMILES string of the molecule is CCC1(CN2CCNC[C@@H]2C)COC1.Cl. The van der Waals surface area contributed by atoms with Crippen LogP contribution < -0.4 is 5.32 Å². The summed E-state index contributed by atoms with van der Waals surface area (Å²) in [7, 11) is 0. The highest BCUT2D eigenvalue weighted by Gasteiger charge is 2.39. The molecule has 4 heteroatoms. The molecule has 90 valence electrons. The van der Waals surface area contributed by atoms with Crippen LogP contribution in [0.1, 0.15) is 20.3 Å². The van der Waals surface area contributed by atoms with Gasteiger partial charge in [0.1, 0.15) is 0 Å². The van der Waals surface area contributed by atoms with Gasteiger partial charge in [-0.3, -0.25) is 4.90 Å². The van der Waals surface area contributed by atoms with Crippen molar-refractivity contribution in [2.24, 2.45) is 5.41 Å². The molecule has 2 aliphatic heterocycles. The molecule has 0 unspecified atom stereocenters. The van der Waals surface area contributed by atoms with E-state index in [9.17, 15) is 0 Å². The number of nitrogens with one attached hydrogen (secondary N) is 1. The van der Waals surface area contributed by atoms with Crippen molar-refractivity contribution in [1.29, 1.82) is 0 Å². The lowest BCUT2D eigenvalue weighted by Crippen LogP contribution is -2.57. The van der Waals surface area contributed by atoms with E-state index in [1.807, 2.05) is 0 Å². The second-order valence-corrected chi connectivity index (χ2v) is 4.87. The van der Waals surface area contributed by atoms with Crippen LogP contribution in [0.5, 0.6) is 0 Å². The Bertz CT molecular complexity index is 192. The van der Waals surface area contributed by atoms with E-state index in [0.717, 1.165) is 26.3 Å². The van der Waals surface area contributed by atoms with Crippen LogP contribution in [0.2, 0.25) is 0 Å². The van der Waals surface area contributed by atoms with Crippen molar-refractivity contribution in [2.75, 3.05) is 39.4 Å². The fraction of sp³-hybridized carbons (Fsp3) is 1.00. The Morgan fingerprint density at radius 3 is 2.67 bits per heavy atom. The average Bonchev–Trinajstić information content (AvgIpc) is 2.14. The molecule has 0 saturated carbocycles. The first-order chi connectivity index (χ1) is 6.76. The molecule has 0 aromatic rings. The smallest absolute Gasteiger partial charge is 0.0557 e. The predicted molar refractivity (Wildman–Crippen MR) is 64.7 cm³/mol. The Balaban J connectivity index is 0.00000112. The zero-order valence-corrected chi connectivity index (χ0v) is 10.6. The predicted octanol–water partition coefficient (Wildman–Crippen LogP) is 1.13. The van der Waals surface area contributed by atoms with Gasteiger partial charge in [-0.1, -0.05) is 6.92 Å². The highest BCUT2D eigenvalue weighted by molar-refractivity contribution is 5.85. The molecule has 0 aromatic heterocycles. The molecular formula is C11H23ClN2O. The van der Waals surface area contributed by atoms with Gasteiger partial charge in [0.25, 0.3) is 0 Å². The number of hydrogen-bond acceptors (Lipinski definition) is 3. The lowest BCUT2D eigenvalue weighted by Gasteiger charge is -2.46. The molecule has 2 saturated heterocycles. The maximum atomic E-state index is 5.36. The number of hydrogen-bond donors (Lipinski definition) is 1. The van der Waals surface area contributed by atoms with Gasteiger partial charge in [0.2, 0.25) is 0 Å². The number of ether oxygens (including phenoxy) is 1. The lowest BCUT2D eigenvalue weighted by molar-refractivity contribution is -0.132. The third kappa shape index (κ3) is 2.84. The fourth-order valence-electron chi connectivity index (χ4n) is 2.35. The van der Waals surface area contributed by atoms with E-state index in [2.05, 4.69) is 24.1 Å². The van der Waals surface area contributed by atoms with Gasteiger partial charge >= 0.3 is 0 Å². The molecule has 2 fully saturated rings. The topological polar surface area (TPSA) is 24.5 Å². The third-order valence-corrected chi connectivity index (χ3v) is 3.74. The Hall–Kier alpha value is 0.170. The van der Waals surface area contributed by atoms with Crippen LogP contribution in [0.15, 0.2) is 0 Å². The Labute approximate surface area is 99.0 Å². The van der Waals surface area contributed by atoms with Crippen LogP contribution in [0, 0.1) is 5.41 Å². The maximum absolute atomic E-state index is 5.36. The zero-order valence-electron chi connectivity index (χ0n) is 9.79. The summed E-state index contributed by atoms with van der Waals surface area (Å²) < 4.78 is 5.36. The first-order valence-corrected chi connectivity index (χ1v) is 5.78. The molecule has 0 aliphatic carbocycles. The summed E-state index contributed by atoms with van der Waals surface area (Å²) in [5, 5.41) is 3.43. The van der Waals surface area contributed by atoms with Crippen LogP contribution >= 0.6 is 12.4 Å². The molecule has 0 bridgehead atoms. The van der Waals surface area contributed by atoms with Gasteiger partial charge in [-0.05, 0) is 13.3 Å². The molecule has 3 nitrogen and oxygen atoms in total. The summed E-state index contributed by atoms with van der Waals surface area (Å²) >= 11 is 0. The van der Waals surface area contributed by atoms with Gasteiger partial charge < -0.3 is 10.1 Å². The van der Waals surface area contributed by atoms with Gasteiger partial charge in [0.15, 0.2) is 0 Å². The van der Waals surface area contributed by atoms with Gasteiger partial charge in [0.05, 0.1) is 13.2 Å². The molecule has 2 heterocycles. The summed E-state index contributed by atoms with van der Waals surface area (Å²) in [6, 6.07) is 0.688. The van der Waals surface area contributed by atoms with Gasteiger partial charge in [-0.25, -0.2) is 0 Å². The fourth-order valence-corrected chi connectivity index (χ4v) is 2.35. The first kappa shape index (κ1) is 13.2. The molecule has 0 radical (unpaired) electrons. The summed E-state index contributed by atoms with van der Waals surface area (Å²) in [5.41, 5.74) is 0.478. The minimum absolute atomic E-state index is 0. The van der Waals surface area contributed by atoms with Gasteiger partial charge in [-0.2, -0.15) is 0 Å². The molecule has 0 aromatic carbocycles. The van der Waals surface area contributed by atoms with Gasteiger partial charge in [-0.15, -0.1) is 12.4 Å². The monoisotopic (exact) mass is 234 g/mol. The summed E-state index contributed by atoms with van der Waals surface area (Å²) in [6.45, 7) is 11.3. The maximum Gasteiger partial charge on any atom is 0.0557 e. The quantitative estimate of drug-likeness (QED) is 0.793. The van der Waals surface area contributed by atoms with Crippen molar-refractivity contribution in [1.82, 2.24) is 10.2 Å². The highest BCUT2D eigenvalue weighted by atomic mass is 35.5. The van der Waals surface area contributed by atoms with E-state index in [-0.39, 0.29) is 12.4 Å². The van der Waals surface area contributed by atoms with Crippen LogP contribution in [-0.2, 0) is 4.74 Å².